The van der Waals surface area contributed by atoms with Crippen molar-refractivity contribution in [2.75, 3.05) is 0 Å². The molecule has 1 aromatic rings. The summed E-state index contributed by atoms with van der Waals surface area (Å²) in [6.45, 7) is 0. The molecule has 2 N–H and O–H groups in total. The minimum Gasteiger partial charge on any atom is -0.327 e. The minimum absolute atomic E-state index is 0.402. The summed E-state index contributed by atoms with van der Waals surface area (Å²) in [5.41, 5.74) is 9.66. The lowest BCUT2D eigenvalue weighted by Gasteiger charge is -2.32. The van der Waals surface area contributed by atoms with Crippen LogP contribution in [0.5, 0.6) is 0 Å². The van der Waals surface area contributed by atoms with E-state index in [4.69, 9.17) is 5.73 Å². The highest BCUT2D eigenvalue weighted by Crippen LogP contribution is 2.39. The van der Waals surface area contributed by atoms with Crippen LogP contribution < -0.4 is 5.73 Å². The van der Waals surface area contributed by atoms with E-state index in [2.05, 4.69) is 24.3 Å². The van der Waals surface area contributed by atoms with Crippen LogP contribution >= 0.6 is 0 Å². The van der Waals surface area contributed by atoms with E-state index in [1.165, 1.54) is 44.9 Å². The smallest absolute Gasteiger partial charge is 0.0136 e. The quantitative estimate of drug-likeness (QED) is 0.823. The van der Waals surface area contributed by atoms with Gasteiger partial charge in [-0.1, -0.05) is 43.5 Å². The molecule has 1 nitrogen and oxygen atoms in total. The van der Waals surface area contributed by atoms with Crippen molar-refractivity contribution in [1.82, 2.24) is 0 Å². The number of hydrogen-bond acceptors (Lipinski definition) is 1. The molecular weight excluding hydrogens is 206 g/mol. The van der Waals surface area contributed by atoms with E-state index in [-0.39, 0.29) is 0 Å². The molecule has 1 fully saturated rings. The molecule has 3 rings (SSSR count). The molecule has 0 amide bonds. The topological polar surface area (TPSA) is 26.0 Å². The molecule has 2 aliphatic carbocycles. The van der Waals surface area contributed by atoms with E-state index in [0.29, 0.717) is 12.0 Å². The Bertz CT molecular complexity index is 379. The number of aryl methyl sites for hydroxylation is 1. The van der Waals surface area contributed by atoms with Crippen LogP contribution in [-0.2, 0) is 6.42 Å². The average Bonchev–Trinajstić information content (AvgIpc) is 2.83. The molecule has 2 atom stereocenters. The summed E-state index contributed by atoms with van der Waals surface area (Å²) >= 11 is 0. The van der Waals surface area contributed by atoms with E-state index >= 15 is 0 Å². The molecule has 0 spiro atoms. The fourth-order valence-corrected chi connectivity index (χ4v) is 3.84. The van der Waals surface area contributed by atoms with Gasteiger partial charge in [-0.15, -0.1) is 0 Å². The second-order valence-corrected chi connectivity index (χ2v) is 5.82. The molecule has 92 valence electrons. The predicted molar refractivity (Wildman–Crippen MR) is 72.1 cm³/mol. The zero-order valence-electron chi connectivity index (χ0n) is 10.6. The number of rotatable bonds is 2. The molecule has 2 unspecified atom stereocenters. The SMILES string of the molecule is NC(C1CCCCC1)C1CCc2ccccc21. The Balaban J connectivity index is 1.76. The van der Waals surface area contributed by atoms with E-state index in [1.807, 2.05) is 0 Å². The molecule has 0 saturated heterocycles. The second kappa shape index (κ2) is 4.81. The first-order chi connectivity index (χ1) is 8.36. The highest BCUT2D eigenvalue weighted by Gasteiger charge is 2.32. The van der Waals surface area contributed by atoms with Crippen molar-refractivity contribution in [3.63, 3.8) is 0 Å². The van der Waals surface area contributed by atoms with E-state index < -0.39 is 0 Å². The lowest BCUT2D eigenvalue weighted by molar-refractivity contribution is 0.276. The van der Waals surface area contributed by atoms with E-state index in [1.54, 1.807) is 11.1 Å². The molecule has 2 aliphatic rings. The van der Waals surface area contributed by atoms with Crippen LogP contribution in [0.2, 0.25) is 0 Å². The van der Waals surface area contributed by atoms with Crippen molar-refractivity contribution in [1.29, 1.82) is 0 Å². The third kappa shape index (κ3) is 2.13. The van der Waals surface area contributed by atoms with Crippen LogP contribution in [0.4, 0.5) is 0 Å². The molecular formula is C16H23N. The first kappa shape index (κ1) is 11.3. The number of nitrogens with two attached hydrogens (primary N) is 1. The largest absolute Gasteiger partial charge is 0.327 e. The van der Waals surface area contributed by atoms with Crippen molar-refractivity contribution >= 4 is 0 Å². The zero-order valence-corrected chi connectivity index (χ0v) is 10.6. The van der Waals surface area contributed by atoms with Crippen LogP contribution in [0.1, 0.15) is 55.6 Å². The molecule has 0 aliphatic heterocycles. The highest BCUT2D eigenvalue weighted by molar-refractivity contribution is 5.36. The van der Waals surface area contributed by atoms with Gasteiger partial charge in [-0.3, -0.25) is 0 Å². The van der Waals surface area contributed by atoms with Crippen LogP contribution in [0, 0.1) is 5.92 Å². The van der Waals surface area contributed by atoms with E-state index in [9.17, 15) is 0 Å². The van der Waals surface area contributed by atoms with Crippen molar-refractivity contribution in [3.8, 4) is 0 Å². The molecule has 0 radical (unpaired) electrons. The summed E-state index contributed by atoms with van der Waals surface area (Å²) in [6.07, 6.45) is 9.45. The summed E-state index contributed by atoms with van der Waals surface area (Å²) in [7, 11) is 0. The van der Waals surface area contributed by atoms with Crippen LogP contribution in [0.3, 0.4) is 0 Å². The predicted octanol–water partition coefficient (Wildman–Crippen LogP) is 3.62. The van der Waals surface area contributed by atoms with Crippen molar-refractivity contribution in [3.05, 3.63) is 35.4 Å². The third-order valence-electron chi connectivity index (χ3n) is 4.84. The van der Waals surface area contributed by atoms with Crippen LogP contribution in [-0.4, -0.2) is 6.04 Å². The maximum Gasteiger partial charge on any atom is 0.0136 e. The van der Waals surface area contributed by atoms with Crippen LogP contribution in [0.15, 0.2) is 24.3 Å². The van der Waals surface area contributed by atoms with Crippen molar-refractivity contribution in [2.24, 2.45) is 11.7 Å². The molecule has 0 aromatic heterocycles. The highest BCUT2D eigenvalue weighted by atomic mass is 14.7. The summed E-state index contributed by atoms with van der Waals surface area (Å²) in [6, 6.07) is 9.32. The Labute approximate surface area is 104 Å². The Morgan fingerprint density at radius 3 is 2.59 bits per heavy atom. The van der Waals surface area contributed by atoms with Gasteiger partial charge in [-0.25, -0.2) is 0 Å². The standard InChI is InChI=1S/C16H23N/c17-16(13-7-2-1-3-8-13)15-11-10-12-6-4-5-9-14(12)15/h4-6,9,13,15-16H,1-3,7-8,10-11,17H2. The summed E-state index contributed by atoms with van der Waals surface area (Å²) in [5, 5.41) is 0. The Morgan fingerprint density at radius 1 is 1.00 bits per heavy atom. The lowest BCUT2D eigenvalue weighted by Crippen LogP contribution is -2.36. The number of hydrogen-bond donors (Lipinski definition) is 1. The lowest BCUT2D eigenvalue weighted by atomic mass is 9.77. The zero-order chi connectivity index (χ0) is 11.7. The van der Waals surface area contributed by atoms with Gasteiger partial charge < -0.3 is 5.73 Å². The maximum absolute atomic E-state index is 6.57. The van der Waals surface area contributed by atoms with Gasteiger partial charge in [0.15, 0.2) is 0 Å². The van der Waals surface area contributed by atoms with Gasteiger partial charge in [-0.05, 0) is 48.6 Å². The Kier molecular flexibility index (Phi) is 3.19. The van der Waals surface area contributed by atoms with Gasteiger partial charge in [0, 0.05) is 6.04 Å². The molecule has 0 bridgehead atoms. The monoisotopic (exact) mass is 229 g/mol. The molecule has 1 heteroatoms. The molecule has 1 aromatic carbocycles. The first-order valence-electron chi connectivity index (χ1n) is 7.19. The fraction of sp³-hybridized carbons (Fsp3) is 0.625. The molecule has 0 heterocycles. The fourth-order valence-electron chi connectivity index (χ4n) is 3.84. The second-order valence-electron chi connectivity index (χ2n) is 5.82. The van der Waals surface area contributed by atoms with E-state index in [0.717, 1.165) is 5.92 Å². The van der Waals surface area contributed by atoms with Crippen molar-refractivity contribution in [2.45, 2.75) is 56.9 Å². The van der Waals surface area contributed by atoms with Crippen molar-refractivity contribution < 1.29 is 0 Å². The van der Waals surface area contributed by atoms with Gasteiger partial charge in [0.05, 0.1) is 0 Å². The molecule has 17 heavy (non-hydrogen) atoms. The number of fused-ring (bicyclic) bond motifs is 1. The summed E-state index contributed by atoms with van der Waals surface area (Å²) < 4.78 is 0. The Morgan fingerprint density at radius 2 is 1.76 bits per heavy atom. The first-order valence-corrected chi connectivity index (χ1v) is 7.19. The minimum atomic E-state index is 0.402. The third-order valence-corrected chi connectivity index (χ3v) is 4.84. The van der Waals surface area contributed by atoms with Gasteiger partial charge in [0.25, 0.3) is 0 Å². The summed E-state index contributed by atoms with van der Waals surface area (Å²) in [5.74, 6) is 1.41. The van der Waals surface area contributed by atoms with Gasteiger partial charge >= 0.3 is 0 Å². The average molecular weight is 229 g/mol. The normalized spacial score (nSPS) is 26.8. The van der Waals surface area contributed by atoms with Gasteiger partial charge in [0.1, 0.15) is 0 Å². The van der Waals surface area contributed by atoms with Crippen LogP contribution in [0.25, 0.3) is 0 Å². The summed E-state index contributed by atoms with van der Waals surface area (Å²) in [4.78, 5) is 0. The Hall–Kier alpha value is -0.820. The molecule has 1 saturated carbocycles. The van der Waals surface area contributed by atoms with Gasteiger partial charge in [-0.2, -0.15) is 0 Å². The maximum atomic E-state index is 6.57. The number of benzene rings is 1. The van der Waals surface area contributed by atoms with Gasteiger partial charge in [0.2, 0.25) is 0 Å².